The fourth-order valence-electron chi connectivity index (χ4n) is 2.92. The summed E-state index contributed by atoms with van der Waals surface area (Å²) in [5.74, 6) is 1.25. The zero-order chi connectivity index (χ0) is 20.4. The normalized spacial score (nSPS) is 10.9. The lowest BCUT2D eigenvalue weighted by Crippen LogP contribution is -2.09. The first-order valence-corrected chi connectivity index (χ1v) is 10.2. The Hall–Kier alpha value is -3.25. The molecule has 0 N–H and O–H groups in total. The number of thiazole rings is 1. The summed E-state index contributed by atoms with van der Waals surface area (Å²) in [6.45, 7) is 1.78. The SMILES string of the molecule is CCC(=O)Oc1ccc2nc(-c3ccc(-c4ccc(N(C)C)nc4)cc3)sc2c1. The predicted octanol–water partition coefficient (Wildman–Crippen LogP) is 5.41. The molecule has 5 nitrogen and oxygen atoms in total. The van der Waals surface area contributed by atoms with Crippen LogP contribution in [0, 0.1) is 0 Å². The third-order valence-corrected chi connectivity index (χ3v) is 5.62. The van der Waals surface area contributed by atoms with Crippen molar-refractivity contribution in [2.75, 3.05) is 19.0 Å². The molecule has 6 heteroatoms. The highest BCUT2D eigenvalue weighted by atomic mass is 32.1. The van der Waals surface area contributed by atoms with Gasteiger partial charge in [0.05, 0.1) is 10.2 Å². The van der Waals surface area contributed by atoms with E-state index in [1.807, 2.05) is 43.4 Å². The van der Waals surface area contributed by atoms with Gasteiger partial charge in [-0.25, -0.2) is 9.97 Å². The van der Waals surface area contributed by atoms with Gasteiger partial charge in [0.1, 0.15) is 16.6 Å². The first-order chi connectivity index (χ1) is 14.0. The summed E-state index contributed by atoms with van der Waals surface area (Å²) in [5.41, 5.74) is 4.14. The lowest BCUT2D eigenvalue weighted by atomic mass is 10.1. The summed E-state index contributed by atoms with van der Waals surface area (Å²) in [7, 11) is 3.96. The summed E-state index contributed by atoms with van der Waals surface area (Å²) in [5, 5.41) is 0.937. The van der Waals surface area contributed by atoms with Gasteiger partial charge < -0.3 is 9.64 Å². The number of fused-ring (bicyclic) bond motifs is 1. The third kappa shape index (κ3) is 4.12. The van der Waals surface area contributed by atoms with Crippen LogP contribution < -0.4 is 9.64 Å². The van der Waals surface area contributed by atoms with Crippen molar-refractivity contribution in [1.82, 2.24) is 9.97 Å². The molecule has 0 amide bonds. The van der Waals surface area contributed by atoms with Crippen LogP contribution in [0.2, 0.25) is 0 Å². The van der Waals surface area contributed by atoms with Crippen molar-refractivity contribution in [2.24, 2.45) is 0 Å². The van der Waals surface area contributed by atoms with Gasteiger partial charge in [0, 0.05) is 43.9 Å². The second kappa shape index (κ2) is 8.01. The Morgan fingerprint density at radius 3 is 2.38 bits per heavy atom. The highest BCUT2D eigenvalue weighted by molar-refractivity contribution is 7.21. The standard InChI is InChI=1S/C23H21N3O2S/c1-4-22(27)28-18-10-11-19-20(13-18)29-23(25-19)16-7-5-15(6-8-16)17-9-12-21(24-14-17)26(2)3/h5-14H,4H2,1-3H3. The van der Waals surface area contributed by atoms with Gasteiger partial charge in [-0.3, -0.25) is 4.79 Å². The van der Waals surface area contributed by atoms with Crippen molar-refractivity contribution in [3.8, 4) is 27.4 Å². The summed E-state index contributed by atoms with van der Waals surface area (Å²) in [4.78, 5) is 22.7. The fourth-order valence-corrected chi connectivity index (χ4v) is 3.92. The molecule has 2 heterocycles. The molecule has 0 aliphatic heterocycles. The van der Waals surface area contributed by atoms with E-state index in [9.17, 15) is 4.79 Å². The summed E-state index contributed by atoms with van der Waals surface area (Å²) >= 11 is 1.59. The monoisotopic (exact) mass is 403 g/mol. The van der Waals surface area contributed by atoms with Crippen LogP contribution in [0.1, 0.15) is 13.3 Å². The molecule has 0 bridgehead atoms. The minimum Gasteiger partial charge on any atom is -0.426 e. The van der Waals surface area contributed by atoms with E-state index in [1.54, 1.807) is 24.3 Å². The van der Waals surface area contributed by atoms with Gasteiger partial charge in [-0.05, 0) is 29.8 Å². The lowest BCUT2D eigenvalue weighted by Gasteiger charge is -2.11. The van der Waals surface area contributed by atoms with Gasteiger partial charge in [-0.1, -0.05) is 31.2 Å². The van der Waals surface area contributed by atoms with Gasteiger partial charge in [0.25, 0.3) is 0 Å². The predicted molar refractivity (Wildman–Crippen MR) is 119 cm³/mol. The van der Waals surface area contributed by atoms with E-state index in [-0.39, 0.29) is 5.97 Å². The molecule has 4 rings (SSSR count). The van der Waals surface area contributed by atoms with Crippen molar-refractivity contribution in [3.63, 3.8) is 0 Å². The first kappa shape index (κ1) is 19.1. The molecule has 0 atom stereocenters. The van der Waals surface area contributed by atoms with Crippen molar-refractivity contribution >= 4 is 33.3 Å². The summed E-state index contributed by atoms with van der Waals surface area (Å²) < 4.78 is 6.30. The van der Waals surface area contributed by atoms with Crippen molar-refractivity contribution < 1.29 is 9.53 Å². The fraction of sp³-hybridized carbons (Fsp3) is 0.174. The Kier molecular flexibility index (Phi) is 5.27. The number of anilines is 1. The smallest absolute Gasteiger partial charge is 0.310 e. The molecular formula is C23H21N3O2S. The van der Waals surface area contributed by atoms with Crippen LogP contribution in [-0.4, -0.2) is 30.0 Å². The molecule has 0 spiro atoms. The van der Waals surface area contributed by atoms with Crippen molar-refractivity contribution in [2.45, 2.75) is 13.3 Å². The van der Waals surface area contributed by atoms with Crippen LogP contribution in [0.3, 0.4) is 0 Å². The molecule has 0 saturated carbocycles. The van der Waals surface area contributed by atoms with Crippen LogP contribution in [0.4, 0.5) is 5.82 Å². The van der Waals surface area contributed by atoms with Crippen LogP contribution in [-0.2, 0) is 4.79 Å². The Morgan fingerprint density at radius 2 is 1.72 bits per heavy atom. The Morgan fingerprint density at radius 1 is 1.00 bits per heavy atom. The molecule has 146 valence electrons. The summed E-state index contributed by atoms with van der Waals surface area (Å²) in [6.07, 6.45) is 2.24. The van der Waals surface area contributed by atoms with E-state index >= 15 is 0 Å². The number of rotatable bonds is 5. The molecule has 2 aromatic heterocycles. The number of aromatic nitrogens is 2. The average molecular weight is 404 g/mol. The molecular weight excluding hydrogens is 382 g/mol. The average Bonchev–Trinajstić information content (AvgIpc) is 3.17. The topological polar surface area (TPSA) is 55.3 Å². The number of hydrogen-bond acceptors (Lipinski definition) is 6. The van der Waals surface area contributed by atoms with E-state index in [0.29, 0.717) is 12.2 Å². The number of pyridine rings is 1. The highest BCUT2D eigenvalue weighted by Crippen LogP contribution is 2.33. The van der Waals surface area contributed by atoms with Crippen LogP contribution in [0.15, 0.2) is 60.8 Å². The van der Waals surface area contributed by atoms with Gasteiger partial charge >= 0.3 is 5.97 Å². The largest absolute Gasteiger partial charge is 0.426 e. The highest BCUT2D eigenvalue weighted by Gasteiger charge is 2.10. The molecule has 0 aliphatic rings. The lowest BCUT2D eigenvalue weighted by molar-refractivity contribution is -0.134. The van der Waals surface area contributed by atoms with Gasteiger partial charge in [0.2, 0.25) is 0 Å². The number of carbonyl (C=O) groups excluding carboxylic acids is 1. The number of esters is 1. The number of nitrogens with zero attached hydrogens (tertiary/aromatic N) is 3. The van der Waals surface area contributed by atoms with Gasteiger partial charge in [-0.15, -0.1) is 11.3 Å². The van der Waals surface area contributed by atoms with Crippen LogP contribution in [0.5, 0.6) is 5.75 Å². The molecule has 0 radical (unpaired) electrons. The van der Waals surface area contributed by atoms with E-state index in [4.69, 9.17) is 9.72 Å². The third-order valence-electron chi connectivity index (χ3n) is 4.55. The Bertz CT molecular complexity index is 1150. The van der Waals surface area contributed by atoms with E-state index in [2.05, 4.69) is 35.3 Å². The zero-order valence-corrected chi connectivity index (χ0v) is 17.4. The maximum atomic E-state index is 11.5. The number of benzene rings is 2. The second-order valence-corrected chi connectivity index (χ2v) is 7.88. The Balaban J connectivity index is 1.58. The minimum absolute atomic E-state index is 0.238. The minimum atomic E-state index is -0.238. The van der Waals surface area contributed by atoms with Gasteiger partial charge in [0.15, 0.2) is 0 Å². The van der Waals surface area contributed by atoms with E-state index in [1.165, 1.54) is 0 Å². The van der Waals surface area contributed by atoms with Crippen LogP contribution in [0.25, 0.3) is 31.9 Å². The van der Waals surface area contributed by atoms with E-state index in [0.717, 1.165) is 37.7 Å². The molecule has 0 aliphatic carbocycles. The molecule has 0 fully saturated rings. The van der Waals surface area contributed by atoms with Crippen LogP contribution >= 0.6 is 11.3 Å². The molecule has 29 heavy (non-hydrogen) atoms. The molecule has 0 saturated heterocycles. The van der Waals surface area contributed by atoms with Gasteiger partial charge in [-0.2, -0.15) is 0 Å². The van der Waals surface area contributed by atoms with Crippen molar-refractivity contribution in [1.29, 1.82) is 0 Å². The quantitative estimate of drug-likeness (QED) is 0.330. The second-order valence-electron chi connectivity index (χ2n) is 6.85. The molecule has 0 unspecified atom stereocenters. The van der Waals surface area contributed by atoms with Crippen molar-refractivity contribution in [3.05, 3.63) is 60.8 Å². The first-order valence-electron chi connectivity index (χ1n) is 9.39. The molecule has 4 aromatic rings. The number of hydrogen-bond donors (Lipinski definition) is 0. The molecule has 2 aromatic carbocycles. The number of carbonyl (C=O) groups is 1. The summed E-state index contributed by atoms with van der Waals surface area (Å²) in [6, 6.07) is 18.0. The Labute approximate surface area is 173 Å². The maximum absolute atomic E-state index is 11.5. The maximum Gasteiger partial charge on any atom is 0.310 e. The van der Waals surface area contributed by atoms with E-state index < -0.39 is 0 Å². The number of ether oxygens (including phenoxy) is 1. The zero-order valence-electron chi connectivity index (χ0n) is 16.5.